The summed E-state index contributed by atoms with van der Waals surface area (Å²) in [5.41, 5.74) is 10.6. The maximum absolute atomic E-state index is 12.7. The van der Waals surface area contributed by atoms with Crippen molar-refractivity contribution in [3.05, 3.63) is 57.5 Å². The van der Waals surface area contributed by atoms with Crippen molar-refractivity contribution in [2.75, 3.05) is 14.2 Å². The standard InChI is InChI=1S/C17H19N3O5S/c1-11-5-7-13(8-6-11)26(21,22)25-16-14(10-19-20-18)12(2)9-15(23-3)17(16)24-4/h5-9H,10H2,1-4H3. The normalized spacial score (nSPS) is 10.8. The molecule has 2 rings (SSSR count). The fraction of sp³-hybridized carbons (Fsp3) is 0.294. The zero-order valence-electron chi connectivity index (χ0n) is 14.9. The molecular formula is C17H19N3O5S. The van der Waals surface area contributed by atoms with E-state index in [1.165, 1.54) is 26.4 Å². The Labute approximate surface area is 152 Å². The second-order valence-electron chi connectivity index (χ2n) is 5.48. The minimum absolute atomic E-state index is 0.000334. The average Bonchev–Trinajstić information content (AvgIpc) is 2.61. The molecule has 0 heterocycles. The summed E-state index contributed by atoms with van der Waals surface area (Å²) in [5.74, 6) is 0.359. The third-order valence-electron chi connectivity index (χ3n) is 3.75. The van der Waals surface area contributed by atoms with Crippen molar-refractivity contribution in [1.82, 2.24) is 0 Å². The van der Waals surface area contributed by atoms with E-state index in [-0.39, 0.29) is 22.9 Å². The van der Waals surface area contributed by atoms with Gasteiger partial charge >= 0.3 is 10.1 Å². The summed E-state index contributed by atoms with van der Waals surface area (Å²) in [6.07, 6.45) is 0. The van der Waals surface area contributed by atoms with Crippen LogP contribution in [0.2, 0.25) is 0 Å². The highest BCUT2D eigenvalue weighted by Crippen LogP contribution is 2.43. The molecule has 0 N–H and O–H groups in total. The number of hydrogen-bond acceptors (Lipinski definition) is 6. The van der Waals surface area contributed by atoms with E-state index in [0.717, 1.165) is 5.56 Å². The quantitative estimate of drug-likeness (QED) is 0.314. The van der Waals surface area contributed by atoms with E-state index in [1.807, 2.05) is 6.92 Å². The maximum Gasteiger partial charge on any atom is 0.339 e. The Morgan fingerprint density at radius 2 is 1.73 bits per heavy atom. The Balaban J connectivity index is 2.63. The monoisotopic (exact) mass is 377 g/mol. The zero-order chi connectivity index (χ0) is 19.3. The SMILES string of the molecule is COc1cc(C)c(CN=[N+]=[N-])c(OS(=O)(=O)c2ccc(C)cc2)c1OC. The van der Waals surface area contributed by atoms with E-state index in [1.54, 1.807) is 25.1 Å². The van der Waals surface area contributed by atoms with Crippen LogP contribution in [-0.4, -0.2) is 22.6 Å². The molecule has 8 nitrogen and oxygen atoms in total. The molecular weight excluding hydrogens is 358 g/mol. The highest BCUT2D eigenvalue weighted by atomic mass is 32.2. The predicted octanol–water partition coefficient (Wildman–Crippen LogP) is 3.90. The van der Waals surface area contributed by atoms with Crippen LogP contribution in [0.4, 0.5) is 0 Å². The van der Waals surface area contributed by atoms with E-state index in [4.69, 9.17) is 19.2 Å². The molecule has 0 spiro atoms. The third-order valence-corrected chi connectivity index (χ3v) is 4.98. The van der Waals surface area contributed by atoms with E-state index in [0.29, 0.717) is 16.9 Å². The van der Waals surface area contributed by atoms with Crippen molar-refractivity contribution in [3.8, 4) is 17.2 Å². The van der Waals surface area contributed by atoms with Crippen LogP contribution in [0.15, 0.2) is 40.3 Å². The second-order valence-corrected chi connectivity index (χ2v) is 7.02. The van der Waals surface area contributed by atoms with E-state index in [2.05, 4.69) is 10.0 Å². The summed E-state index contributed by atoms with van der Waals surface area (Å²) in [6.45, 7) is 3.49. The second kappa shape index (κ2) is 7.99. The van der Waals surface area contributed by atoms with Crippen molar-refractivity contribution < 1.29 is 22.1 Å². The minimum Gasteiger partial charge on any atom is -0.493 e. The molecule has 0 unspecified atom stereocenters. The molecule has 0 saturated carbocycles. The average molecular weight is 377 g/mol. The summed E-state index contributed by atoms with van der Waals surface area (Å²) in [6, 6.07) is 7.91. The van der Waals surface area contributed by atoms with Crippen LogP contribution in [0.3, 0.4) is 0 Å². The fourth-order valence-corrected chi connectivity index (χ4v) is 3.33. The molecule has 0 saturated heterocycles. The van der Waals surface area contributed by atoms with Crippen LogP contribution >= 0.6 is 0 Å². The summed E-state index contributed by atoms with van der Waals surface area (Å²) in [4.78, 5) is 2.72. The summed E-state index contributed by atoms with van der Waals surface area (Å²) >= 11 is 0. The topological polar surface area (TPSA) is 111 Å². The van der Waals surface area contributed by atoms with Crippen molar-refractivity contribution in [2.45, 2.75) is 25.3 Å². The molecule has 0 radical (unpaired) electrons. The molecule has 0 bridgehead atoms. The van der Waals surface area contributed by atoms with Gasteiger partial charge < -0.3 is 13.7 Å². The van der Waals surface area contributed by atoms with Crippen LogP contribution in [0.5, 0.6) is 17.2 Å². The Kier molecular flexibility index (Phi) is 5.97. The Morgan fingerprint density at radius 3 is 2.27 bits per heavy atom. The number of aryl methyl sites for hydroxylation is 2. The molecule has 0 amide bonds. The molecule has 2 aromatic rings. The Hall–Kier alpha value is -2.90. The van der Waals surface area contributed by atoms with Gasteiger partial charge in [-0.15, -0.1) is 0 Å². The van der Waals surface area contributed by atoms with Gasteiger partial charge in [0.1, 0.15) is 4.90 Å². The van der Waals surface area contributed by atoms with Crippen molar-refractivity contribution in [2.24, 2.45) is 5.11 Å². The lowest BCUT2D eigenvalue weighted by molar-refractivity contribution is 0.341. The van der Waals surface area contributed by atoms with E-state index < -0.39 is 10.1 Å². The van der Waals surface area contributed by atoms with Gasteiger partial charge in [-0.3, -0.25) is 0 Å². The van der Waals surface area contributed by atoms with Gasteiger partial charge in [-0.1, -0.05) is 22.8 Å². The first-order chi connectivity index (χ1) is 12.3. The van der Waals surface area contributed by atoms with Crippen LogP contribution < -0.4 is 13.7 Å². The molecule has 9 heteroatoms. The van der Waals surface area contributed by atoms with Gasteiger partial charge in [0.05, 0.1) is 20.8 Å². The number of methoxy groups -OCH3 is 2. The maximum atomic E-state index is 12.7. The minimum atomic E-state index is -4.12. The molecule has 0 aliphatic heterocycles. The number of azide groups is 1. The first-order valence-electron chi connectivity index (χ1n) is 7.60. The Bertz CT molecular complexity index is 949. The number of ether oxygens (including phenoxy) is 2. The smallest absolute Gasteiger partial charge is 0.339 e. The van der Waals surface area contributed by atoms with Gasteiger partial charge in [0.15, 0.2) is 11.5 Å². The lowest BCUT2D eigenvalue weighted by Crippen LogP contribution is -2.13. The molecule has 0 atom stereocenters. The van der Waals surface area contributed by atoms with Crippen LogP contribution in [0, 0.1) is 13.8 Å². The lowest BCUT2D eigenvalue weighted by Gasteiger charge is -2.18. The summed E-state index contributed by atoms with van der Waals surface area (Å²) < 4.78 is 41.3. The van der Waals surface area contributed by atoms with Crippen LogP contribution in [0.25, 0.3) is 10.4 Å². The van der Waals surface area contributed by atoms with Gasteiger partial charge in [0.25, 0.3) is 0 Å². The molecule has 0 aliphatic carbocycles. The largest absolute Gasteiger partial charge is 0.493 e. The zero-order valence-corrected chi connectivity index (χ0v) is 15.7. The van der Waals surface area contributed by atoms with Crippen molar-refractivity contribution in [3.63, 3.8) is 0 Å². The van der Waals surface area contributed by atoms with Gasteiger partial charge in [-0.25, -0.2) is 0 Å². The van der Waals surface area contributed by atoms with Crippen LogP contribution in [-0.2, 0) is 16.7 Å². The molecule has 2 aromatic carbocycles. The first-order valence-corrected chi connectivity index (χ1v) is 9.01. The molecule has 0 aliphatic rings. The predicted molar refractivity (Wildman–Crippen MR) is 96.1 cm³/mol. The van der Waals surface area contributed by atoms with E-state index in [9.17, 15) is 8.42 Å². The Morgan fingerprint density at radius 1 is 1.08 bits per heavy atom. The highest BCUT2D eigenvalue weighted by molar-refractivity contribution is 7.87. The lowest BCUT2D eigenvalue weighted by atomic mass is 10.1. The van der Waals surface area contributed by atoms with E-state index >= 15 is 0 Å². The number of benzene rings is 2. The first kappa shape index (κ1) is 19.4. The molecule has 0 aromatic heterocycles. The fourth-order valence-electron chi connectivity index (χ4n) is 2.37. The molecule has 138 valence electrons. The van der Waals surface area contributed by atoms with Gasteiger partial charge in [0.2, 0.25) is 5.75 Å². The van der Waals surface area contributed by atoms with Gasteiger partial charge in [0, 0.05) is 10.5 Å². The number of nitrogens with zero attached hydrogens (tertiary/aromatic N) is 3. The third kappa shape index (κ3) is 4.01. The van der Waals surface area contributed by atoms with Crippen molar-refractivity contribution >= 4 is 10.1 Å². The van der Waals surface area contributed by atoms with Crippen LogP contribution in [0.1, 0.15) is 16.7 Å². The van der Waals surface area contributed by atoms with Crippen molar-refractivity contribution in [1.29, 1.82) is 0 Å². The van der Waals surface area contributed by atoms with Gasteiger partial charge in [-0.2, -0.15) is 8.42 Å². The highest BCUT2D eigenvalue weighted by Gasteiger charge is 2.25. The molecule has 0 fully saturated rings. The summed E-state index contributed by atoms with van der Waals surface area (Å²) in [7, 11) is -1.32. The number of rotatable bonds is 7. The number of hydrogen-bond donors (Lipinski definition) is 0. The summed E-state index contributed by atoms with van der Waals surface area (Å²) in [5, 5.41) is 3.52. The van der Waals surface area contributed by atoms with Gasteiger partial charge in [-0.05, 0) is 43.1 Å². The molecule has 26 heavy (non-hydrogen) atoms.